The second-order valence-corrected chi connectivity index (χ2v) is 8.08. The minimum atomic E-state index is -0.283. The van der Waals surface area contributed by atoms with Crippen LogP contribution in [-0.4, -0.2) is 66.2 Å². The van der Waals surface area contributed by atoms with Gasteiger partial charge >= 0.3 is 0 Å². The minimum Gasteiger partial charge on any atom is -0.308 e. The van der Waals surface area contributed by atoms with Gasteiger partial charge in [0.05, 0.1) is 10.2 Å². The topological polar surface area (TPSA) is 73.8 Å². The van der Waals surface area contributed by atoms with Gasteiger partial charge in [-0.25, -0.2) is 4.98 Å². The van der Waals surface area contributed by atoms with Gasteiger partial charge in [0.1, 0.15) is 6.54 Å². The molecule has 0 spiro atoms. The Morgan fingerprint density at radius 2 is 1.79 bits per heavy atom. The van der Waals surface area contributed by atoms with E-state index in [0.29, 0.717) is 18.2 Å². The van der Waals surface area contributed by atoms with E-state index in [9.17, 15) is 14.4 Å². The zero-order chi connectivity index (χ0) is 19.7. The van der Waals surface area contributed by atoms with Gasteiger partial charge in [-0.05, 0) is 45.1 Å². The van der Waals surface area contributed by atoms with Crippen LogP contribution in [0, 0.1) is 13.8 Å². The predicted molar refractivity (Wildman–Crippen MR) is 113 cm³/mol. The van der Waals surface area contributed by atoms with Crippen LogP contribution in [0.1, 0.15) is 24.0 Å². The van der Waals surface area contributed by atoms with Crippen LogP contribution in [0.2, 0.25) is 0 Å². The number of aryl methyl sites for hydroxylation is 2. The molecule has 1 aliphatic rings. The first-order valence-corrected chi connectivity index (χ1v) is 9.74. The summed E-state index contributed by atoms with van der Waals surface area (Å²) in [4.78, 5) is 46.1. The second-order valence-electron chi connectivity index (χ2n) is 7.07. The molecule has 0 atom stereocenters. The van der Waals surface area contributed by atoms with Crippen molar-refractivity contribution in [2.75, 3.05) is 38.6 Å². The fourth-order valence-corrected chi connectivity index (χ4v) is 4.05. The van der Waals surface area contributed by atoms with Crippen LogP contribution < -0.4 is 4.90 Å². The largest absolute Gasteiger partial charge is 0.308 e. The average Bonchev–Trinajstić information content (AvgIpc) is 3.17. The molecule has 0 N–H and O–H groups in total. The summed E-state index contributed by atoms with van der Waals surface area (Å²) in [5, 5.41) is 0.602. The molecule has 1 aromatic heterocycles. The fraction of sp³-hybridized carbons (Fsp3) is 0.474. The van der Waals surface area contributed by atoms with E-state index in [1.807, 2.05) is 45.0 Å². The molecule has 152 valence electrons. The Morgan fingerprint density at radius 1 is 1.14 bits per heavy atom. The molecule has 0 bridgehead atoms. The van der Waals surface area contributed by atoms with Gasteiger partial charge in [-0.2, -0.15) is 0 Å². The molecule has 3 rings (SSSR count). The van der Waals surface area contributed by atoms with Crippen molar-refractivity contribution in [3.63, 3.8) is 0 Å². The molecule has 1 fully saturated rings. The number of fused-ring (bicyclic) bond motifs is 1. The number of anilines is 1. The zero-order valence-corrected chi connectivity index (χ0v) is 18.2. The first-order chi connectivity index (χ1) is 12.8. The van der Waals surface area contributed by atoms with Crippen LogP contribution in [0.25, 0.3) is 10.2 Å². The van der Waals surface area contributed by atoms with E-state index in [4.69, 9.17) is 4.98 Å². The first kappa shape index (κ1) is 22.3. The maximum atomic E-state index is 13.0. The average molecular weight is 425 g/mol. The number of rotatable bonds is 6. The summed E-state index contributed by atoms with van der Waals surface area (Å²) < 4.78 is 1.02. The van der Waals surface area contributed by atoms with Crippen LogP contribution in [0.5, 0.6) is 0 Å². The number of imide groups is 1. The Balaban J connectivity index is 0.00000280. The van der Waals surface area contributed by atoms with Gasteiger partial charge < -0.3 is 4.90 Å². The van der Waals surface area contributed by atoms with Crippen molar-refractivity contribution in [2.24, 2.45) is 0 Å². The molecule has 28 heavy (non-hydrogen) atoms. The summed E-state index contributed by atoms with van der Waals surface area (Å²) >= 11 is 1.45. The van der Waals surface area contributed by atoms with E-state index in [2.05, 4.69) is 0 Å². The van der Waals surface area contributed by atoms with Crippen molar-refractivity contribution < 1.29 is 14.4 Å². The molecule has 0 radical (unpaired) electrons. The van der Waals surface area contributed by atoms with Crippen molar-refractivity contribution in [1.82, 2.24) is 14.8 Å². The lowest BCUT2D eigenvalue weighted by Gasteiger charge is -2.24. The fourth-order valence-electron chi connectivity index (χ4n) is 2.98. The maximum Gasteiger partial charge on any atom is 0.248 e. The van der Waals surface area contributed by atoms with Gasteiger partial charge in [-0.1, -0.05) is 17.4 Å². The third-order valence-electron chi connectivity index (χ3n) is 4.82. The Bertz CT molecular complexity index is 896. The van der Waals surface area contributed by atoms with Crippen LogP contribution in [-0.2, 0) is 14.4 Å². The van der Waals surface area contributed by atoms with Crippen LogP contribution in [0.3, 0.4) is 0 Å². The summed E-state index contributed by atoms with van der Waals surface area (Å²) in [5.74, 6) is -0.845. The number of carbonyl (C=O) groups excluding carboxylic acids is 3. The van der Waals surface area contributed by atoms with Crippen LogP contribution in [0.15, 0.2) is 12.1 Å². The summed E-state index contributed by atoms with van der Waals surface area (Å²) in [6.07, 6.45) is 0.368. The standard InChI is InChI=1S/C19H24N4O3S.ClH/c1-12-5-6-14-18(13(12)2)20-19(27-14)22(10-9-21(3)4)17(26)11-23-15(24)7-8-16(23)25;/h5-6H,7-11H2,1-4H3;1H. The molecule has 9 heteroatoms. The number of thiazole rings is 1. The third kappa shape index (κ3) is 4.51. The molecule has 3 amide bonds. The highest BCUT2D eigenvalue weighted by Crippen LogP contribution is 2.32. The lowest BCUT2D eigenvalue weighted by Crippen LogP contribution is -2.44. The van der Waals surface area contributed by atoms with E-state index in [-0.39, 0.29) is 49.5 Å². The Labute approximate surface area is 174 Å². The van der Waals surface area contributed by atoms with Gasteiger partial charge in [-0.15, -0.1) is 12.4 Å². The molecule has 7 nitrogen and oxygen atoms in total. The van der Waals surface area contributed by atoms with E-state index >= 15 is 0 Å². The molecule has 1 aromatic carbocycles. The maximum absolute atomic E-state index is 13.0. The lowest BCUT2D eigenvalue weighted by atomic mass is 10.1. The van der Waals surface area contributed by atoms with E-state index in [1.165, 1.54) is 11.3 Å². The van der Waals surface area contributed by atoms with Crippen molar-refractivity contribution >= 4 is 56.8 Å². The number of hydrogen-bond donors (Lipinski definition) is 0. The molecule has 2 aromatic rings. The smallest absolute Gasteiger partial charge is 0.248 e. The lowest BCUT2D eigenvalue weighted by molar-refractivity contribution is -0.141. The van der Waals surface area contributed by atoms with Crippen molar-refractivity contribution in [2.45, 2.75) is 26.7 Å². The Kier molecular flexibility index (Phi) is 7.14. The van der Waals surface area contributed by atoms with E-state index in [1.54, 1.807) is 4.90 Å². The SMILES string of the molecule is Cc1ccc2sc(N(CCN(C)C)C(=O)CN3C(=O)CCC3=O)nc2c1C.Cl. The number of amides is 3. The highest BCUT2D eigenvalue weighted by Gasteiger charge is 2.32. The number of likely N-dealkylation sites (N-methyl/N-ethyl adjacent to an activating group) is 1. The molecular weight excluding hydrogens is 400 g/mol. The van der Waals surface area contributed by atoms with Crippen LogP contribution >= 0.6 is 23.7 Å². The number of benzene rings is 1. The molecule has 1 aliphatic heterocycles. The number of halogens is 1. The van der Waals surface area contributed by atoms with Crippen molar-refractivity contribution in [3.8, 4) is 0 Å². The molecule has 1 saturated heterocycles. The quantitative estimate of drug-likeness (QED) is 0.665. The van der Waals surface area contributed by atoms with Gasteiger partial charge in [0.2, 0.25) is 17.7 Å². The van der Waals surface area contributed by atoms with E-state index < -0.39 is 0 Å². The molecule has 0 aliphatic carbocycles. The van der Waals surface area contributed by atoms with Gasteiger partial charge in [0, 0.05) is 25.9 Å². The van der Waals surface area contributed by atoms with Crippen molar-refractivity contribution in [3.05, 3.63) is 23.3 Å². The second kappa shape index (κ2) is 8.98. The third-order valence-corrected chi connectivity index (χ3v) is 5.87. The minimum absolute atomic E-state index is 0. The molecule has 0 saturated carbocycles. The van der Waals surface area contributed by atoms with Gasteiger partial charge in [-0.3, -0.25) is 24.2 Å². The van der Waals surface area contributed by atoms with Gasteiger partial charge in [0.15, 0.2) is 5.13 Å². The monoisotopic (exact) mass is 424 g/mol. The zero-order valence-electron chi connectivity index (χ0n) is 16.5. The van der Waals surface area contributed by atoms with Gasteiger partial charge in [0.25, 0.3) is 0 Å². The normalized spacial score (nSPS) is 14.1. The highest BCUT2D eigenvalue weighted by molar-refractivity contribution is 7.22. The van der Waals surface area contributed by atoms with E-state index in [0.717, 1.165) is 26.2 Å². The molecule has 2 heterocycles. The number of likely N-dealkylation sites (tertiary alicyclic amines) is 1. The predicted octanol–water partition coefficient (Wildman–Crippen LogP) is 2.38. The number of aromatic nitrogens is 1. The summed E-state index contributed by atoms with van der Waals surface area (Å²) in [7, 11) is 3.87. The molecule has 0 unspecified atom stereocenters. The summed E-state index contributed by atoms with van der Waals surface area (Å²) in [5.41, 5.74) is 3.14. The number of hydrogen-bond acceptors (Lipinski definition) is 6. The number of nitrogens with zero attached hydrogens (tertiary/aromatic N) is 4. The summed E-state index contributed by atoms with van der Waals surface area (Å²) in [6, 6.07) is 4.06. The Hall–Kier alpha value is -2.03. The first-order valence-electron chi connectivity index (χ1n) is 8.93. The van der Waals surface area contributed by atoms with Crippen molar-refractivity contribution in [1.29, 1.82) is 0 Å². The highest BCUT2D eigenvalue weighted by atomic mass is 35.5. The molecular formula is C19H25ClN4O3S. The number of carbonyl (C=O) groups is 3. The summed E-state index contributed by atoms with van der Waals surface area (Å²) in [6.45, 7) is 4.93. The Morgan fingerprint density at radius 3 is 2.39 bits per heavy atom. The van der Waals surface area contributed by atoms with Crippen LogP contribution in [0.4, 0.5) is 5.13 Å².